The van der Waals surface area contributed by atoms with E-state index in [9.17, 15) is 0 Å². The van der Waals surface area contributed by atoms with Crippen LogP contribution in [0.15, 0.2) is 0 Å². The maximum Gasteiger partial charge on any atom is 0.0172 e. The van der Waals surface area contributed by atoms with Gasteiger partial charge in [-0.05, 0) is 37.5 Å². The molecule has 1 aliphatic carbocycles. The molecule has 1 saturated carbocycles. The quantitative estimate of drug-likeness (QED) is 0.747. The van der Waals surface area contributed by atoms with Crippen LogP contribution in [0.25, 0.3) is 0 Å². The van der Waals surface area contributed by atoms with Crippen LogP contribution < -0.4 is 11.5 Å². The highest BCUT2D eigenvalue weighted by Gasteiger charge is 2.35. The monoisotopic (exact) mass is 240 g/mol. The summed E-state index contributed by atoms with van der Waals surface area (Å²) in [7, 11) is 0. The van der Waals surface area contributed by atoms with Crippen LogP contribution in [0.2, 0.25) is 0 Å². The van der Waals surface area contributed by atoms with Crippen molar-refractivity contribution in [2.75, 3.05) is 0 Å². The molecule has 0 aliphatic heterocycles. The molecule has 1 fully saturated rings. The molecule has 4 N–H and O–H groups in total. The van der Waals surface area contributed by atoms with Crippen LogP contribution in [-0.4, -0.2) is 11.6 Å². The van der Waals surface area contributed by atoms with Gasteiger partial charge in [0.2, 0.25) is 0 Å². The Morgan fingerprint density at radius 1 is 1.35 bits per heavy atom. The summed E-state index contributed by atoms with van der Waals surface area (Å²) in [5, 5.41) is 0. The Kier molecular flexibility index (Phi) is 5.94. The number of hydrogen-bond acceptors (Lipinski definition) is 2. The zero-order valence-electron chi connectivity index (χ0n) is 12.0. The average molecular weight is 240 g/mol. The highest BCUT2D eigenvalue weighted by Crippen LogP contribution is 2.35. The lowest BCUT2D eigenvalue weighted by Gasteiger charge is -2.42. The lowest BCUT2D eigenvalue weighted by Crippen LogP contribution is -2.52. The largest absolute Gasteiger partial charge is 0.327 e. The lowest BCUT2D eigenvalue weighted by atomic mass is 9.70. The SMILES string of the molecule is CCCCC(CC)CC1(N)CCC(C)C(N)C1. The van der Waals surface area contributed by atoms with E-state index in [2.05, 4.69) is 20.8 Å². The smallest absolute Gasteiger partial charge is 0.0172 e. The Morgan fingerprint density at radius 2 is 2.06 bits per heavy atom. The van der Waals surface area contributed by atoms with Gasteiger partial charge in [0.05, 0.1) is 0 Å². The van der Waals surface area contributed by atoms with Crippen molar-refractivity contribution in [1.29, 1.82) is 0 Å². The normalized spacial score (nSPS) is 35.8. The van der Waals surface area contributed by atoms with Crippen LogP contribution in [0, 0.1) is 11.8 Å². The predicted octanol–water partition coefficient (Wildman–Crippen LogP) is 3.44. The van der Waals surface area contributed by atoms with Crippen molar-refractivity contribution in [2.24, 2.45) is 23.3 Å². The Morgan fingerprint density at radius 3 is 2.59 bits per heavy atom. The van der Waals surface area contributed by atoms with E-state index in [0.717, 1.165) is 12.3 Å². The van der Waals surface area contributed by atoms with Crippen LogP contribution in [0.3, 0.4) is 0 Å². The van der Waals surface area contributed by atoms with Gasteiger partial charge in [-0.2, -0.15) is 0 Å². The maximum absolute atomic E-state index is 6.58. The molecular formula is C15H32N2. The Labute approximate surface area is 108 Å². The van der Waals surface area contributed by atoms with Gasteiger partial charge in [-0.15, -0.1) is 0 Å². The van der Waals surface area contributed by atoms with Gasteiger partial charge in [-0.3, -0.25) is 0 Å². The summed E-state index contributed by atoms with van der Waals surface area (Å²) in [5.41, 5.74) is 12.8. The first-order chi connectivity index (χ1) is 8.00. The predicted molar refractivity (Wildman–Crippen MR) is 75.8 cm³/mol. The molecule has 0 radical (unpaired) electrons. The van der Waals surface area contributed by atoms with Crippen LogP contribution in [-0.2, 0) is 0 Å². The molecule has 4 atom stereocenters. The van der Waals surface area contributed by atoms with Crippen molar-refractivity contribution < 1.29 is 0 Å². The van der Waals surface area contributed by atoms with Crippen LogP contribution in [0.4, 0.5) is 0 Å². The summed E-state index contributed by atoms with van der Waals surface area (Å²) in [6, 6.07) is 0.317. The van der Waals surface area contributed by atoms with Gasteiger partial charge in [0.15, 0.2) is 0 Å². The molecule has 0 spiro atoms. The van der Waals surface area contributed by atoms with Crippen molar-refractivity contribution in [3.05, 3.63) is 0 Å². The van der Waals surface area contributed by atoms with E-state index in [1.165, 1.54) is 44.9 Å². The second-order valence-electron chi connectivity index (χ2n) is 6.37. The van der Waals surface area contributed by atoms with Gasteiger partial charge in [0.25, 0.3) is 0 Å². The third kappa shape index (κ3) is 4.59. The topological polar surface area (TPSA) is 52.0 Å². The van der Waals surface area contributed by atoms with Crippen LogP contribution in [0.5, 0.6) is 0 Å². The summed E-state index contributed by atoms with van der Waals surface area (Å²) in [4.78, 5) is 0. The summed E-state index contributed by atoms with van der Waals surface area (Å²) < 4.78 is 0. The summed E-state index contributed by atoms with van der Waals surface area (Å²) in [5.74, 6) is 1.46. The molecule has 4 unspecified atom stereocenters. The summed E-state index contributed by atoms with van der Waals surface area (Å²) in [6.07, 6.45) is 9.84. The Bertz CT molecular complexity index is 217. The van der Waals surface area contributed by atoms with Gasteiger partial charge in [-0.25, -0.2) is 0 Å². The molecule has 17 heavy (non-hydrogen) atoms. The van der Waals surface area contributed by atoms with Crippen LogP contribution >= 0.6 is 0 Å². The third-order valence-corrected chi connectivity index (χ3v) is 4.71. The fraction of sp³-hybridized carbons (Fsp3) is 1.00. The average Bonchev–Trinajstić information content (AvgIpc) is 2.30. The van der Waals surface area contributed by atoms with Gasteiger partial charge in [0.1, 0.15) is 0 Å². The molecule has 0 aromatic rings. The molecule has 0 aromatic carbocycles. The minimum Gasteiger partial charge on any atom is -0.327 e. The van der Waals surface area contributed by atoms with Crippen LogP contribution in [0.1, 0.15) is 72.1 Å². The van der Waals surface area contributed by atoms with Crippen molar-refractivity contribution in [2.45, 2.75) is 83.7 Å². The number of rotatable bonds is 6. The Hall–Kier alpha value is -0.0800. The van der Waals surface area contributed by atoms with Gasteiger partial charge in [-0.1, -0.05) is 46.5 Å². The fourth-order valence-electron chi connectivity index (χ4n) is 3.21. The number of hydrogen-bond donors (Lipinski definition) is 2. The van der Waals surface area contributed by atoms with Gasteiger partial charge in [0, 0.05) is 11.6 Å². The van der Waals surface area contributed by atoms with E-state index < -0.39 is 0 Å². The standard InChI is InChI=1S/C15H32N2/c1-4-6-7-13(5-2)10-15(17)9-8-12(3)14(16)11-15/h12-14H,4-11,16-17H2,1-3H3. The first-order valence-electron chi connectivity index (χ1n) is 7.55. The molecule has 1 rings (SSSR count). The first kappa shape index (κ1) is 15.0. The minimum atomic E-state index is 0.0281. The summed E-state index contributed by atoms with van der Waals surface area (Å²) >= 11 is 0. The molecule has 0 bridgehead atoms. The van der Waals surface area contributed by atoms with E-state index in [1.807, 2.05) is 0 Å². The Balaban J connectivity index is 2.47. The fourth-order valence-corrected chi connectivity index (χ4v) is 3.21. The van der Waals surface area contributed by atoms with Crippen molar-refractivity contribution in [1.82, 2.24) is 0 Å². The molecule has 0 amide bonds. The van der Waals surface area contributed by atoms with Crippen molar-refractivity contribution >= 4 is 0 Å². The second kappa shape index (κ2) is 6.75. The van der Waals surface area contributed by atoms with Gasteiger partial charge >= 0.3 is 0 Å². The number of unbranched alkanes of at least 4 members (excludes halogenated alkanes) is 1. The maximum atomic E-state index is 6.58. The van der Waals surface area contributed by atoms with E-state index in [1.54, 1.807) is 0 Å². The molecule has 1 aliphatic rings. The van der Waals surface area contributed by atoms with Gasteiger partial charge < -0.3 is 11.5 Å². The molecular weight excluding hydrogens is 208 g/mol. The molecule has 2 heteroatoms. The highest BCUT2D eigenvalue weighted by molar-refractivity contribution is 4.95. The third-order valence-electron chi connectivity index (χ3n) is 4.71. The van der Waals surface area contributed by atoms with Crippen molar-refractivity contribution in [3.8, 4) is 0 Å². The number of nitrogens with two attached hydrogens (primary N) is 2. The lowest BCUT2D eigenvalue weighted by molar-refractivity contribution is 0.174. The zero-order chi connectivity index (χ0) is 12.9. The van der Waals surface area contributed by atoms with E-state index in [4.69, 9.17) is 11.5 Å². The molecule has 102 valence electrons. The molecule has 2 nitrogen and oxygen atoms in total. The zero-order valence-corrected chi connectivity index (χ0v) is 12.0. The van der Waals surface area contributed by atoms with Crippen molar-refractivity contribution in [3.63, 3.8) is 0 Å². The van der Waals surface area contributed by atoms with E-state index >= 15 is 0 Å². The summed E-state index contributed by atoms with van der Waals surface area (Å²) in [6.45, 7) is 6.83. The van der Waals surface area contributed by atoms with E-state index in [0.29, 0.717) is 12.0 Å². The second-order valence-corrected chi connectivity index (χ2v) is 6.37. The van der Waals surface area contributed by atoms with E-state index in [-0.39, 0.29) is 5.54 Å². The first-order valence-corrected chi connectivity index (χ1v) is 7.55. The minimum absolute atomic E-state index is 0.0281. The molecule has 0 saturated heterocycles. The highest BCUT2D eigenvalue weighted by atomic mass is 14.8. The molecule has 0 aromatic heterocycles. The molecule has 0 heterocycles.